The van der Waals surface area contributed by atoms with E-state index >= 15 is 0 Å². The number of benzene rings is 7. The van der Waals surface area contributed by atoms with E-state index in [-0.39, 0.29) is 0 Å². The molecule has 0 radical (unpaired) electrons. The second-order valence-electron chi connectivity index (χ2n) is 12.2. The maximum Gasteiger partial charge on any atom is 0.164 e. The van der Waals surface area contributed by atoms with Gasteiger partial charge < -0.3 is 4.42 Å². The molecule has 49 heavy (non-hydrogen) atoms. The smallest absolute Gasteiger partial charge is 0.164 e. The highest BCUT2D eigenvalue weighted by molar-refractivity contribution is 6.24. The average Bonchev–Trinajstić information content (AvgIpc) is 3.57. The largest absolute Gasteiger partial charge is 0.455 e. The number of hydrogen-bond donors (Lipinski definition) is 0. The van der Waals surface area contributed by atoms with Crippen molar-refractivity contribution in [1.29, 1.82) is 0 Å². The number of rotatable bonds is 4. The summed E-state index contributed by atoms with van der Waals surface area (Å²) in [5.41, 5.74) is 6.26. The summed E-state index contributed by atoms with van der Waals surface area (Å²) in [6.45, 7) is 0. The Morgan fingerprint density at radius 1 is 0.388 bits per heavy atom. The molecular weight excluding hydrogens is 601 g/mol. The van der Waals surface area contributed by atoms with Gasteiger partial charge in [-0.05, 0) is 50.0 Å². The SMILES string of the molecule is c1ccc(-c2nc(-c3ccccc3)nc(-c3cccc4oc5c(-c6cc7ccc8ccccc8c7c7ccccc67)cncc5c34)n2)cc1. The van der Waals surface area contributed by atoms with E-state index in [1.54, 1.807) is 0 Å². The van der Waals surface area contributed by atoms with Gasteiger partial charge in [-0.15, -0.1) is 0 Å². The Morgan fingerprint density at radius 3 is 1.78 bits per heavy atom. The molecule has 5 heteroatoms. The first-order valence-corrected chi connectivity index (χ1v) is 16.3. The molecule has 0 N–H and O–H groups in total. The standard InChI is InChI=1S/C44H26N4O/c1-3-13-28(14-4-1)42-46-43(29-15-5-2-6-16-29)48-44(47-42)34-20-11-21-38-40(34)37-26-45-25-36(41(37)49-38)35-24-30-23-22-27-12-7-8-17-31(27)39(30)33-19-10-9-18-32(33)35/h1-26H. The fraction of sp³-hybridized carbons (Fsp3) is 0. The number of pyridine rings is 1. The molecule has 0 amide bonds. The van der Waals surface area contributed by atoms with Crippen LogP contribution in [0.4, 0.5) is 0 Å². The quantitative estimate of drug-likeness (QED) is 0.182. The number of furan rings is 1. The van der Waals surface area contributed by atoms with Crippen LogP contribution in [-0.4, -0.2) is 19.9 Å². The number of nitrogens with zero attached hydrogens (tertiary/aromatic N) is 4. The molecule has 228 valence electrons. The van der Waals surface area contributed by atoms with Gasteiger partial charge in [0.1, 0.15) is 11.2 Å². The summed E-state index contributed by atoms with van der Waals surface area (Å²) < 4.78 is 6.75. The third kappa shape index (κ3) is 4.40. The number of hydrogen-bond acceptors (Lipinski definition) is 5. The molecule has 7 aromatic carbocycles. The molecule has 0 saturated carbocycles. The van der Waals surface area contributed by atoms with Crippen molar-refractivity contribution in [3.05, 3.63) is 158 Å². The highest BCUT2D eigenvalue weighted by Crippen LogP contribution is 2.43. The summed E-state index contributed by atoms with van der Waals surface area (Å²) >= 11 is 0. The van der Waals surface area contributed by atoms with Crippen molar-refractivity contribution in [1.82, 2.24) is 19.9 Å². The minimum atomic E-state index is 0.578. The van der Waals surface area contributed by atoms with Crippen LogP contribution in [0.5, 0.6) is 0 Å². The summed E-state index contributed by atoms with van der Waals surface area (Å²) in [6.07, 6.45) is 3.81. The monoisotopic (exact) mass is 626 g/mol. The fourth-order valence-corrected chi connectivity index (χ4v) is 7.15. The summed E-state index contributed by atoms with van der Waals surface area (Å²) in [5.74, 6) is 1.81. The van der Waals surface area contributed by atoms with Gasteiger partial charge in [-0.2, -0.15) is 0 Å². The highest BCUT2D eigenvalue weighted by atomic mass is 16.3. The third-order valence-electron chi connectivity index (χ3n) is 9.38. The van der Waals surface area contributed by atoms with Gasteiger partial charge in [-0.25, -0.2) is 15.0 Å². The minimum Gasteiger partial charge on any atom is -0.455 e. The normalized spacial score (nSPS) is 11.7. The zero-order chi connectivity index (χ0) is 32.3. The van der Waals surface area contributed by atoms with Crippen LogP contribution in [0.25, 0.3) is 99.5 Å². The van der Waals surface area contributed by atoms with Crippen LogP contribution >= 0.6 is 0 Å². The van der Waals surface area contributed by atoms with Gasteiger partial charge in [0, 0.05) is 45.4 Å². The fourth-order valence-electron chi connectivity index (χ4n) is 7.15. The lowest BCUT2D eigenvalue weighted by Crippen LogP contribution is -2.00. The van der Waals surface area contributed by atoms with Crippen LogP contribution in [-0.2, 0) is 0 Å². The topological polar surface area (TPSA) is 64.7 Å². The second kappa shape index (κ2) is 10.9. The van der Waals surface area contributed by atoms with Crippen molar-refractivity contribution in [3.8, 4) is 45.3 Å². The Kier molecular flexibility index (Phi) is 6.11. The molecule has 10 rings (SSSR count). The van der Waals surface area contributed by atoms with E-state index in [4.69, 9.17) is 24.4 Å². The van der Waals surface area contributed by atoms with Gasteiger partial charge in [0.15, 0.2) is 17.5 Å². The van der Waals surface area contributed by atoms with Gasteiger partial charge in [-0.1, -0.05) is 133 Å². The first kappa shape index (κ1) is 27.4. The lowest BCUT2D eigenvalue weighted by atomic mass is 9.91. The van der Waals surface area contributed by atoms with Gasteiger partial charge in [0.25, 0.3) is 0 Å². The molecule has 0 atom stereocenters. The summed E-state index contributed by atoms with van der Waals surface area (Å²) in [4.78, 5) is 19.8. The lowest BCUT2D eigenvalue weighted by molar-refractivity contribution is 0.669. The number of fused-ring (bicyclic) bond motifs is 8. The molecule has 3 heterocycles. The molecule has 0 aliphatic heterocycles. The van der Waals surface area contributed by atoms with Crippen molar-refractivity contribution in [2.45, 2.75) is 0 Å². The van der Waals surface area contributed by atoms with Gasteiger partial charge >= 0.3 is 0 Å². The van der Waals surface area contributed by atoms with Crippen LogP contribution < -0.4 is 0 Å². The minimum absolute atomic E-state index is 0.578. The maximum atomic E-state index is 6.75. The Labute approximate surface area is 281 Å². The zero-order valence-corrected chi connectivity index (χ0v) is 26.2. The zero-order valence-electron chi connectivity index (χ0n) is 26.2. The predicted molar refractivity (Wildman–Crippen MR) is 199 cm³/mol. The third-order valence-corrected chi connectivity index (χ3v) is 9.38. The van der Waals surface area contributed by atoms with Crippen molar-refractivity contribution in [2.75, 3.05) is 0 Å². The summed E-state index contributed by atoms with van der Waals surface area (Å²) in [5, 5.41) is 9.09. The van der Waals surface area contributed by atoms with Crippen LogP contribution in [0.3, 0.4) is 0 Å². The maximum absolute atomic E-state index is 6.75. The van der Waals surface area contributed by atoms with E-state index in [1.165, 1.54) is 26.9 Å². The predicted octanol–water partition coefficient (Wildman–Crippen LogP) is 11.3. The molecule has 0 fully saturated rings. The average molecular weight is 627 g/mol. The van der Waals surface area contributed by atoms with E-state index in [2.05, 4.69) is 72.8 Å². The Morgan fingerprint density at radius 2 is 1.02 bits per heavy atom. The molecule has 0 saturated heterocycles. The van der Waals surface area contributed by atoms with Crippen molar-refractivity contribution < 1.29 is 4.42 Å². The molecule has 0 bridgehead atoms. The second-order valence-corrected chi connectivity index (χ2v) is 12.2. The van der Waals surface area contributed by atoms with E-state index < -0.39 is 0 Å². The first-order valence-electron chi connectivity index (χ1n) is 16.3. The molecule has 10 aromatic rings. The molecule has 0 spiro atoms. The van der Waals surface area contributed by atoms with Crippen LogP contribution in [0, 0.1) is 0 Å². The van der Waals surface area contributed by atoms with Crippen LogP contribution in [0.1, 0.15) is 0 Å². The molecule has 3 aromatic heterocycles. The molecule has 0 unspecified atom stereocenters. The van der Waals surface area contributed by atoms with E-state index in [9.17, 15) is 0 Å². The number of aromatic nitrogens is 4. The van der Waals surface area contributed by atoms with Gasteiger partial charge in [0.05, 0.1) is 0 Å². The van der Waals surface area contributed by atoms with Crippen LogP contribution in [0.15, 0.2) is 162 Å². The molecular formula is C44H26N4O. The summed E-state index contributed by atoms with van der Waals surface area (Å²) in [6, 6.07) is 50.0. The van der Waals surface area contributed by atoms with Crippen molar-refractivity contribution in [2.24, 2.45) is 0 Å². The van der Waals surface area contributed by atoms with E-state index in [0.29, 0.717) is 17.5 Å². The Bertz CT molecular complexity index is 2820. The van der Waals surface area contributed by atoms with Crippen LogP contribution in [0.2, 0.25) is 0 Å². The Balaban J connectivity index is 1.23. The van der Waals surface area contributed by atoms with E-state index in [0.717, 1.165) is 55.1 Å². The van der Waals surface area contributed by atoms with Gasteiger partial charge in [0.2, 0.25) is 0 Å². The lowest BCUT2D eigenvalue weighted by Gasteiger charge is -2.13. The van der Waals surface area contributed by atoms with Crippen molar-refractivity contribution >= 4 is 54.3 Å². The molecule has 5 nitrogen and oxygen atoms in total. The van der Waals surface area contributed by atoms with Crippen molar-refractivity contribution in [3.63, 3.8) is 0 Å². The highest BCUT2D eigenvalue weighted by Gasteiger charge is 2.21. The summed E-state index contributed by atoms with van der Waals surface area (Å²) in [7, 11) is 0. The Hall–Kier alpha value is -6.72. The molecule has 0 aliphatic rings. The van der Waals surface area contributed by atoms with Gasteiger partial charge in [-0.3, -0.25) is 4.98 Å². The molecule has 0 aliphatic carbocycles. The first-order chi connectivity index (χ1) is 24.3. The van der Waals surface area contributed by atoms with E-state index in [1.807, 2.05) is 85.2 Å².